The number of phenolic OH excluding ortho intramolecular Hbond substituents is 6. The van der Waals surface area contributed by atoms with E-state index in [1.807, 2.05) is 75.5 Å². The summed E-state index contributed by atoms with van der Waals surface area (Å²) in [5.41, 5.74) is 31.2. The van der Waals surface area contributed by atoms with Crippen LogP contribution in [0.3, 0.4) is 0 Å². The normalized spacial score (nSPS) is 11.0. The number of amides is 3. The standard InChI is InChI=1S/C27H21Br2NO7.C27H21I2NO7.C27H25N3O7/c3*28-17-10-15(11-18(29)27(17)35)26(34)25-16-12-19(31)22(37-24(33)9-14-5-2-1-3-6-14)13-21(16)36-20(25)7-4-8-23(30)32/h2*1-3,5-6,10-13,31,35H,4,7-9H2,(H2,30,32);1-3,5-6,10-13,31,35H,4,7-9,28-29H2,(H2,30,32). The SMILES string of the molecule is NC(=O)CCCc1oc2cc(OC(=O)Cc3ccccc3)c(O)cc2c1C(=O)c1cc(Br)c(O)c(Br)c1.NC(=O)CCCc1oc2cc(OC(=O)Cc3ccccc3)c(O)cc2c1C(=O)c1cc(I)c(O)c(I)c1.NC(=O)CCCc1oc2cc(OC(=O)Cc3ccccc3)c(O)cc2c1C(=O)c1cc(N)c(O)c(N)c1. The first-order valence-electron chi connectivity index (χ1n) is 33.7. The van der Waals surface area contributed by atoms with E-state index in [0.717, 1.165) is 16.7 Å². The minimum absolute atomic E-state index is 0.00316. The third-order valence-electron chi connectivity index (χ3n) is 16.9. The van der Waals surface area contributed by atoms with E-state index in [4.69, 9.17) is 56.1 Å². The molecular weight excluding hydrogens is 1790 g/mol. The van der Waals surface area contributed by atoms with E-state index in [0.29, 0.717) is 57.4 Å². The number of benzene rings is 9. The van der Waals surface area contributed by atoms with Crippen molar-refractivity contribution in [3.8, 4) is 51.7 Å². The average molecular weight is 1860 g/mol. The number of anilines is 2. The Morgan fingerprint density at radius 3 is 0.937 bits per heavy atom. The van der Waals surface area contributed by atoms with E-state index in [1.54, 1.807) is 72.8 Å². The maximum absolute atomic E-state index is 13.6. The first-order chi connectivity index (χ1) is 52.9. The molecule has 26 nitrogen and oxygen atoms in total. The minimum Gasteiger partial charge on any atom is -0.506 e. The molecule has 3 heterocycles. The molecule has 0 bridgehead atoms. The van der Waals surface area contributed by atoms with Gasteiger partial charge in [-0.1, -0.05) is 91.0 Å². The Morgan fingerprint density at radius 1 is 0.369 bits per heavy atom. The smallest absolute Gasteiger partial charge is 0.315 e. The van der Waals surface area contributed by atoms with E-state index in [-0.39, 0.29) is 188 Å². The number of primary amides is 3. The van der Waals surface area contributed by atoms with Crippen LogP contribution in [-0.4, -0.2) is 83.6 Å². The predicted molar refractivity (Wildman–Crippen MR) is 432 cm³/mol. The van der Waals surface area contributed by atoms with Crippen LogP contribution in [0.2, 0.25) is 0 Å². The average Bonchev–Trinajstić information content (AvgIpc) is 1.63. The molecule has 111 heavy (non-hydrogen) atoms. The second kappa shape index (κ2) is 36.6. The lowest BCUT2D eigenvalue weighted by Gasteiger charge is -2.08. The van der Waals surface area contributed by atoms with E-state index < -0.39 is 47.2 Å². The van der Waals surface area contributed by atoms with Gasteiger partial charge in [0.2, 0.25) is 17.7 Å². The summed E-state index contributed by atoms with van der Waals surface area (Å²) < 4.78 is 35.6. The molecule has 0 atom stereocenters. The Morgan fingerprint density at radius 2 is 0.649 bits per heavy atom. The molecule has 12 aromatic rings. The summed E-state index contributed by atoms with van der Waals surface area (Å²) in [6, 6.07) is 43.6. The van der Waals surface area contributed by atoms with Crippen LogP contribution in [0.1, 0.15) is 120 Å². The number of esters is 3. The number of hydrogen-bond donors (Lipinski definition) is 11. The van der Waals surface area contributed by atoms with Crippen LogP contribution >= 0.6 is 77.0 Å². The molecule has 0 aliphatic heterocycles. The van der Waals surface area contributed by atoms with Gasteiger partial charge in [0.15, 0.2) is 57.6 Å². The van der Waals surface area contributed by atoms with Crippen molar-refractivity contribution in [2.45, 2.75) is 77.0 Å². The number of phenols is 6. The molecule has 0 fully saturated rings. The lowest BCUT2D eigenvalue weighted by molar-refractivity contribution is -0.134. The number of furan rings is 3. The molecule has 0 saturated carbocycles. The van der Waals surface area contributed by atoms with Crippen molar-refractivity contribution < 1.29 is 101 Å². The van der Waals surface area contributed by atoms with E-state index in [2.05, 4.69) is 31.9 Å². The quantitative estimate of drug-likeness (QED) is 0.00569. The van der Waals surface area contributed by atoms with Crippen LogP contribution in [0.4, 0.5) is 11.4 Å². The molecule has 0 saturated heterocycles. The largest absolute Gasteiger partial charge is 0.506 e. The summed E-state index contributed by atoms with van der Waals surface area (Å²) in [7, 11) is 0. The van der Waals surface area contributed by atoms with Gasteiger partial charge in [-0.15, -0.1) is 0 Å². The number of aryl methyl sites for hydroxylation is 3. The number of ketones is 3. The number of hydrogen-bond acceptors (Lipinski definition) is 23. The summed E-state index contributed by atoms with van der Waals surface area (Å²) in [6.45, 7) is 0. The molecule has 0 radical (unpaired) electrons. The van der Waals surface area contributed by atoms with Gasteiger partial charge in [-0.2, -0.15) is 0 Å². The molecule has 3 amide bonds. The molecule has 3 aromatic heterocycles. The predicted octanol–water partition coefficient (Wildman–Crippen LogP) is 14.0. The molecule has 9 aromatic carbocycles. The van der Waals surface area contributed by atoms with Crippen molar-refractivity contribution in [1.29, 1.82) is 0 Å². The van der Waals surface area contributed by atoms with Crippen molar-refractivity contribution >= 4 is 174 Å². The highest BCUT2D eigenvalue weighted by Crippen LogP contribution is 2.43. The van der Waals surface area contributed by atoms with E-state index >= 15 is 0 Å². The van der Waals surface area contributed by atoms with Gasteiger partial charge >= 0.3 is 17.9 Å². The number of aromatic hydroxyl groups is 6. The fourth-order valence-electron chi connectivity index (χ4n) is 11.7. The van der Waals surface area contributed by atoms with Gasteiger partial charge in [-0.05, 0) is 168 Å². The number of fused-ring (bicyclic) bond motifs is 3. The Hall–Kier alpha value is -11.8. The molecule has 16 N–H and O–H groups in total. The highest BCUT2D eigenvalue weighted by Gasteiger charge is 2.30. The molecular formula is C81H67Br2I2N5O21. The molecule has 0 aliphatic rings. The number of halogens is 4. The molecule has 0 aliphatic carbocycles. The van der Waals surface area contributed by atoms with Gasteiger partial charge < -0.3 is 86.8 Å². The Balaban J connectivity index is 0.000000177. The van der Waals surface area contributed by atoms with Crippen LogP contribution in [0, 0.1) is 7.14 Å². The second-order valence-electron chi connectivity index (χ2n) is 25.1. The van der Waals surface area contributed by atoms with Gasteiger partial charge in [0.1, 0.15) is 45.5 Å². The molecule has 12 rings (SSSR count). The number of rotatable bonds is 27. The molecule has 0 spiro atoms. The third kappa shape index (κ3) is 20.6. The van der Waals surface area contributed by atoms with Crippen LogP contribution in [0.5, 0.6) is 51.7 Å². The zero-order chi connectivity index (χ0) is 80.1. The zero-order valence-corrected chi connectivity index (χ0v) is 65.8. The number of carbonyl (C=O) groups excluding carboxylic acids is 9. The topological polar surface area (TPSA) is 472 Å². The van der Waals surface area contributed by atoms with Gasteiger partial charge in [0.25, 0.3) is 0 Å². The zero-order valence-electron chi connectivity index (χ0n) is 58.3. The number of nitrogen functional groups attached to an aromatic ring is 2. The molecule has 570 valence electrons. The van der Waals surface area contributed by atoms with Crippen molar-refractivity contribution in [3.63, 3.8) is 0 Å². The maximum Gasteiger partial charge on any atom is 0.315 e. The van der Waals surface area contributed by atoms with Crippen LogP contribution < -0.4 is 42.9 Å². The lowest BCUT2D eigenvalue weighted by atomic mass is 9.97. The number of carbonyl (C=O) groups is 9. The van der Waals surface area contributed by atoms with Crippen LogP contribution in [0.15, 0.2) is 186 Å². The van der Waals surface area contributed by atoms with Crippen LogP contribution in [-0.2, 0) is 67.3 Å². The highest BCUT2D eigenvalue weighted by atomic mass is 127. The molecule has 0 unspecified atom stereocenters. The Labute approximate surface area is 675 Å². The minimum atomic E-state index is -0.597. The van der Waals surface area contributed by atoms with Crippen molar-refractivity contribution in [3.05, 3.63) is 247 Å². The fraction of sp³-hybridized carbons (Fsp3) is 0.148. The van der Waals surface area contributed by atoms with Gasteiger partial charge in [-0.25, -0.2) is 0 Å². The summed E-state index contributed by atoms with van der Waals surface area (Å²) in [4.78, 5) is 112. The summed E-state index contributed by atoms with van der Waals surface area (Å²) in [5.74, 6) is -5.44. The van der Waals surface area contributed by atoms with Crippen molar-refractivity contribution in [2.75, 3.05) is 11.5 Å². The third-order valence-corrected chi connectivity index (χ3v) is 19.8. The van der Waals surface area contributed by atoms with Crippen molar-refractivity contribution in [1.82, 2.24) is 0 Å². The Bertz CT molecular complexity index is 5020. The van der Waals surface area contributed by atoms with Crippen molar-refractivity contribution in [2.24, 2.45) is 17.2 Å². The fourth-order valence-corrected chi connectivity index (χ4v) is 14.6. The summed E-state index contributed by atoms with van der Waals surface area (Å²) >= 11 is 10.3. The maximum atomic E-state index is 13.6. The number of nitrogens with two attached hydrogens (primary N) is 5. The number of ether oxygens (including phenoxy) is 3. The van der Waals surface area contributed by atoms with Gasteiger partial charge in [0.05, 0.1) is 63.4 Å². The highest BCUT2D eigenvalue weighted by molar-refractivity contribution is 14.1. The first-order valence-corrected chi connectivity index (χ1v) is 37.5. The summed E-state index contributed by atoms with van der Waals surface area (Å²) in [5, 5.41) is 62.8. The van der Waals surface area contributed by atoms with E-state index in [1.165, 1.54) is 60.7 Å². The second-order valence-corrected chi connectivity index (χ2v) is 29.1. The summed E-state index contributed by atoms with van der Waals surface area (Å²) in [6.07, 6.45) is 1.92. The monoisotopic (exact) mass is 1860 g/mol. The molecule has 30 heteroatoms. The Kier molecular flexibility index (Phi) is 27.0. The van der Waals surface area contributed by atoms with Gasteiger partial charge in [-0.3, -0.25) is 43.2 Å². The van der Waals surface area contributed by atoms with E-state index in [9.17, 15) is 73.8 Å². The van der Waals surface area contributed by atoms with Crippen LogP contribution in [0.25, 0.3) is 32.9 Å². The van der Waals surface area contributed by atoms with Gasteiger partial charge in [0, 0.05) is 89.6 Å². The first kappa shape index (κ1) is 81.8. The lowest BCUT2D eigenvalue weighted by Crippen LogP contribution is -2.11.